The van der Waals surface area contributed by atoms with Crippen molar-refractivity contribution < 1.29 is 26.3 Å². The average molecular weight is 419 g/mol. The fourth-order valence-electron chi connectivity index (χ4n) is 3.12. The summed E-state index contributed by atoms with van der Waals surface area (Å²) in [5.74, 6) is 0.0752. The molecule has 0 saturated heterocycles. The summed E-state index contributed by atoms with van der Waals surface area (Å²) in [6, 6.07) is 24.0. The Morgan fingerprint density at radius 3 is 2.41 bits per heavy atom. The average Bonchev–Trinajstić information content (AvgIpc) is 2.69. The maximum Gasteiger partial charge on any atom is 0.287 e. The molecule has 0 aliphatic carbocycles. The molecular weight excluding hydrogens is 400 g/mol. The first-order chi connectivity index (χ1) is 12.7. The number of nitrogens with zero attached hydrogens (tertiary/aromatic N) is 2. The molecule has 0 bridgehead atoms. The number of aryl methyl sites for hydroxylation is 1. The van der Waals surface area contributed by atoms with Gasteiger partial charge in [-0.05, 0) is 34.3 Å². The number of hydrogen-bond acceptors (Lipinski definition) is 2. The van der Waals surface area contributed by atoms with Crippen molar-refractivity contribution in [2.24, 2.45) is 0 Å². The van der Waals surface area contributed by atoms with Gasteiger partial charge in [0.1, 0.15) is 0 Å². The van der Waals surface area contributed by atoms with Crippen LogP contribution in [0.4, 0.5) is 0 Å². The molecule has 0 unspecified atom stereocenters. The van der Waals surface area contributed by atoms with E-state index >= 15 is 0 Å². The normalized spacial score (nSPS) is 10.4. The highest BCUT2D eigenvalue weighted by molar-refractivity contribution is 5.99. The molecule has 0 amide bonds. The minimum absolute atomic E-state index is 0. The quantitative estimate of drug-likeness (QED) is 0.370. The van der Waals surface area contributed by atoms with E-state index in [0.29, 0.717) is 0 Å². The SMILES string of the molecule is Cc1ccccc1-c1cc[n+](CC(=O)c2ccc3ccccc3c2)cn1.[Br-]. The van der Waals surface area contributed by atoms with Crippen molar-refractivity contribution in [3.63, 3.8) is 0 Å². The summed E-state index contributed by atoms with van der Waals surface area (Å²) in [5.41, 5.74) is 3.93. The van der Waals surface area contributed by atoms with Crippen LogP contribution in [0.5, 0.6) is 0 Å². The lowest BCUT2D eigenvalue weighted by molar-refractivity contribution is -0.686. The molecule has 3 aromatic carbocycles. The lowest BCUT2D eigenvalue weighted by atomic mass is 10.0. The summed E-state index contributed by atoms with van der Waals surface area (Å²) in [7, 11) is 0. The fraction of sp³-hybridized carbons (Fsp3) is 0.0870. The number of benzene rings is 3. The van der Waals surface area contributed by atoms with E-state index in [4.69, 9.17) is 0 Å². The molecule has 134 valence electrons. The maximum atomic E-state index is 12.6. The zero-order valence-electron chi connectivity index (χ0n) is 15.0. The maximum absolute atomic E-state index is 12.6. The van der Waals surface area contributed by atoms with Crippen molar-refractivity contribution in [2.75, 3.05) is 0 Å². The van der Waals surface area contributed by atoms with E-state index in [2.05, 4.69) is 24.0 Å². The van der Waals surface area contributed by atoms with Crippen molar-refractivity contribution in [3.05, 3.63) is 96.4 Å². The van der Waals surface area contributed by atoms with Gasteiger partial charge in [-0.3, -0.25) is 4.79 Å². The summed E-state index contributed by atoms with van der Waals surface area (Å²) in [5, 5.41) is 2.22. The Kier molecular flexibility index (Phi) is 5.77. The van der Waals surface area contributed by atoms with Gasteiger partial charge in [0.05, 0.1) is 6.20 Å². The van der Waals surface area contributed by atoms with E-state index in [1.54, 1.807) is 6.33 Å². The molecular formula is C23H19BrN2O. The van der Waals surface area contributed by atoms with E-state index < -0.39 is 0 Å². The van der Waals surface area contributed by atoms with Crippen LogP contribution in [0.2, 0.25) is 0 Å². The minimum atomic E-state index is 0. The third-order valence-electron chi connectivity index (χ3n) is 4.59. The van der Waals surface area contributed by atoms with Crippen LogP contribution in [0.3, 0.4) is 0 Å². The van der Waals surface area contributed by atoms with Crippen LogP contribution in [0, 0.1) is 6.92 Å². The van der Waals surface area contributed by atoms with Gasteiger partial charge in [-0.1, -0.05) is 60.7 Å². The van der Waals surface area contributed by atoms with Crippen LogP contribution < -0.4 is 21.5 Å². The highest BCUT2D eigenvalue weighted by atomic mass is 79.9. The first-order valence-corrected chi connectivity index (χ1v) is 8.64. The Bertz CT molecular complexity index is 1090. The van der Waals surface area contributed by atoms with Gasteiger partial charge in [0, 0.05) is 17.2 Å². The molecule has 0 aliphatic rings. The molecule has 0 N–H and O–H groups in total. The number of carbonyl (C=O) groups excluding carboxylic acids is 1. The topological polar surface area (TPSA) is 33.8 Å². The van der Waals surface area contributed by atoms with Crippen LogP contribution >= 0.6 is 0 Å². The molecule has 3 nitrogen and oxygen atoms in total. The second-order valence-corrected chi connectivity index (χ2v) is 6.42. The molecule has 0 atom stereocenters. The zero-order valence-corrected chi connectivity index (χ0v) is 16.6. The highest BCUT2D eigenvalue weighted by Crippen LogP contribution is 2.19. The first-order valence-electron chi connectivity index (χ1n) is 8.64. The largest absolute Gasteiger partial charge is 1.00 e. The number of fused-ring (bicyclic) bond motifs is 1. The number of aromatic nitrogens is 2. The predicted molar refractivity (Wildman–Crippen MR) is 103 cm³/mol. The number of ketones is 1. The summed E-state index contributed by atoms with van der Waals surface area (Å²) in [4.78, 5) is 17.1. The van der Waals surface area contributed by atoms with Gasteiger partial charge in [-0.25, -0.2) is 4.57 Å². The Labute approximate surface area is 169 Å². The van der Waals surface area contributed by atoms with Crippen LogP contribution in [0.1, 0.15) is 15.9 Å². The Morgan fingerprint density at radius 2 is 1.67 bits per heavy atom. The molecule has 0 spiro atoms. The molecule has 0 saturated carbocycles. The molecule has 27 heavy (non-hydrogen) atoms. The fourth-order valence-corrected chi connectivity index (χ4v) is 3.12. The molecule has 0 radical (unpaired) electrons. The Balaban J connectivity index is 0.00000210. The minimum Gasteiger partial charge on any atom is -1.00 e. The van der Waals surface area contributed by atoms with Crippen molar-refractivity contribution in [3.8, 4) is 11.3 Å². The van der Waals surface area contributed by atoms with E-state index in [1.165, 1.54) is 5.56 Å². The van der Waals surface area contributed by atoms with Crippen molar-refractivity contribution in [1.29, 1.82) is 0 Å². The number of halogens is 1. The van der Waals surface area contributed by atoms with Gasteiger partial charge in [0.15, 0.2) is 12.2 Å². The van der Waals surface area contributed by atoms with E-state index in [-0.39, 0.29) is 29.3 Å². The lowest BCUT2D eigenvalue weighted by Gasteiger charge is -2.04. The van der Waals surface area contributed by atoms with Gasteiger partial charge < -0.3 is 17.0 Å². The number of Topliss-reactive ketones (excluding diaryl/α,β-unsaturated/α-hetero) is 1. The summed E-state index contributed by atoms with van der Waals surface area (Å²) in [6.07, 6.45) is 3.63. The van der Waals surface area contributed by atoms with Gasteiger partial charge in [0.25, 0.3) is 6.33 Å². The lowest BCUT2D eigenvalue weighted by Crippen LogP contribution is -3.00. The van der Waals surface area contributed by atoms with Gasteiger partial charge in [-0.2, -0.15) is 0 Å². The number of carbonyl (C=O) groups is 1. The molecule has 4 rings (SSSR count). The monoisotopic (exact) mass is 418 g/mol. The predicted octanol–water partition coefficient (Wildman–Crippen LogP) is 1.38. The standard InChI is InChI=1S/C23H19N2O.BrH/c1-17-6-2-5-9-21(17)22-12-13-25(16-24-22)15-23(26)20-11-10-18-7-3-4-8-19(18)14-20;/h2-14,16H,15H2,1H3;1H/q+1;/p-1. The number of hydrogen-bond donors (Lipinski definition) is 0. The highest BCUT2D eigenvalue weighted by Gasteiger charge is 2.13. The zero-order chi connectivity index (χ0) is 17.9. The van der Waals surface area contributed by atoms with Gasteiger partial charge in [0.2, 0.25) is 5.78 Å². The van der Waals surface area contributed by atoms with Crippen molar-refractivity contribution >= 4 is 16.6 Å². The molecule has 0 aliphatic heterocycles. The number of rotatable bonds is 4. The van der Waals surface area contributed by atoms with E-state index in [1.807, 2.05) is 71.4 Å². The van der Waals surface area contributed by atoms with Crippen LogP contribution in [-0.4, -0.2) is 10.8 Å². The third-order valence-corrected chi connectivity index (χ3v) is 4.59. The Morgan fingerprint density at radius 1 is 0.926 bits per heavy atom. The molecule has 0 fully saturated rings. The molecule has 4 aromatic rings. The van der Waals surface area contributed by atoms with Gasteiger partial charge in [-0.15, -0.1) is 0 Å². The second-order valence-electron chi connectivity index (χ2n) is 6.42. The second kappa shape index (κ2) is 8.23. The van der Waals surface area contributed by atoms with E-state index in [0.717, 1.165) is 27.6 Å². The summed E-state index contributed by atoms with van der Waals surface area (Å²) >= 11 is 0. The van der Waals surface area contributed by atoms with Crippen LogP contribution in [0.25, 0.3) is 22.0 Å². The molecule has 1 heterocycles. The van der Waals surface area contributed by atoms with Crippen LogP contribution in [0.15, 0.2) is 85.3 Å². The van der Waals surface area contributed by atoms with Gasteiger partial charge >= 0.3 is 0 Å². The first kappa shape index (κ1) is 18.9. The van der Waals surface area contributed by atoms with Crippen LogP contribution in [-0.2, 0) is 6.54 Å². The molecule has 4 heteroatoms. The molecule has 1 aromatic heterocycles. The smallest absolute Gasteiger partial charge is 0.287 e. The summed E-state index contributed by atoms with van der Waals surface area (Å²) < 4.78 is 1.82. The van der Waals surface area contributed by atoms with Crippen molar-refractivity contribution in [1.82, 2.24) is 4.98 Å². The van der Waals surface area contributed by atoms with E-state index in [9.17, 15) is 4.79 Å². The Hall–Kier alpha value is -2.85. The summed E-state index contributed by atoms with van der Waals surface area (Å²) in [6.45, 7) is 2.35. The van der Waals surface area contributed by atoms with Crippen molar-refractivity contribution in [2.45, 2.75) is 13.5 Å². The third kappa shape index (κ3) is 4.12.